The Balaban J connectivity index is 2.37. The normalized spacial score (nSPS) is 12.5. The molecule has 0 radical (unpaired) electrons. The molecule has 4 heteroatoms. The number of carbonyl (C=O) groups is 1. The van der Waals surface area contributed by atoms with Crippen molar-refractivity contribution in [2.75, 3.05) is 6.61 Å². The number of rotatable bonds is 5. The van der Waals surface area contributed by atoms with Gasteiger partial charge in [-0.2, -0.15) is 0 Å². The quantitative estimate of drug-likeness (QED) is 0.739. The van der Waals surface area contributed by atoms with Crippen LogP contribution in [0.1, 0.15) is 19.5 Å². The number of esters is 1. The Morgan fingerprint density at radius 3 is 2.93 bits per heavy atom. The molecular formula is C11H18N2O2. The van der Waals surface area contributed by atoms with Crippen LogP contribution in [-0.2, 0) is 23.1 Å². The average Bonchev–Trinajstić information content (AvgIpc) is 2.61. The summed E-state index contributed by atoms with van der Waals surface area (Å²) >= 11 is 0. The third-order valence-electron chi connectivity index (χ3n) is 2.28. The largest absolute Gasteiger partial charge is 0.465 e. The van der Waals surface area contributed by atoms with Gasteiger partial charge in [0.15, 0.2) is 0 Å². The molecule has 0 bridgehead atoms. The number of aromatic nitrogens is 1. The summed E-state index contributed by atoms with van der Waals surface area (Å²) in [6, 6.07) is 3.73. The Morgan fingerprint density at radius 2 is 2.40 bits per heavy atom. The summed E-state index contributed by atoms with van der Waals surface area (Å²) in [6.07, 6.45) is 1.98. The van der Waals surface area contributed by atoms with Crippen LogP contribution >= 0.6 is 0 Å². The van der Waals surface area contributed by atoms with Gasteiger partial charge >= 0.3 is 5.97 Å². The molecule has 4 nitrogen and oxygen atoms in total. The minimum Gasteiger partial charge on any atom is -0.465 e. The second-order valence-electron chi connectivity index (χ2n) is 3.47. The summed E-state index contributed by atoms with van der Waals surface area (Å²) < 4.78 is 6.91. The van der Waals surface area contributed by atoms with Crippen molar-refractivity contribution in [3.63, 3.8) is 0 Å². The van der Waals surface area contributed by atoms with E-state index in [1.165, 1.54) is 0 Å². The molecule has 0 spiro atoms. The van der Waals surface area contributed by atoms with Crippen LogP contribution in [0.15, 0.2) is 18.3 Å². The molecule has 1 unspecified atom stereocenters. The lowest BCUT2D eigenvalue weighted by Gasteiger charge is -2.12. The fraction of sp³-hybridized carbons (Fsp3) is 0.545. The Labute approximate surface area is 90.2 Å². The van der Waals surface area contributed by atoms with Crippen molar-refractivity contribution >= 4 is 5.97 Å². The molecule has 0 aliphatic rings. The van der Waals surface area contributed by atoms with Gasteiger partial charge in [-0.15, -0.1) is 0 Å². The fourth-order valence-corrected chi connectivity index (χ4v) is 1.29. The summed E-state index contributed by atoms with van der Waals surface area (Å²) in [6.45, 7) is 4.71. The van der Waals surface area contributed by atoms with Crippen molar-refractivity contribution in [1.82, 2.24) is 9.88 Å². The number of nitrogens with one attached hydrogen (secondary N) is 1. The zero-order chi connectivity index (χ0) is 11.3. The van der Waals surface area contributed by atoms with E-state index in [2.05, 4.69) is 5.32 Å². The van der Waals surface area contributed by atoms with Gasteiger partial charge in [-0.05, 0) is 26.0 Å². The lowest BCUT2D eigenvalue weighted by Crippen LogP contribution is -2.35. The molecule has 0 saturated carbocycles. The molecule has 1 heterocycles. The van der Waals surface area contributed by atoms with Crippen LogP contribution in [-0.4, -0.2) is 23.2 Å². The van der Waals surface area contributed by atoms with Crippen molar-refractivity contribution in [1.29, 1.82) is 0 Å². The predicted molar refractivity (Wildman–Crippen MR) is 58.3 cm³/mol. The summed E-state index contributed by atoms with van der Waals surface area (Å²) in [4.78, 5) is 11.3. The molecular weight excluding hydrogens is 192 g/mol. The van der Waals surface area contributed by atoms with Crippen molar-refractivity contribution < 1.29 is 9.53 Å². The van der Waals surface area contributed by atoms with E-state index in [-0.39, 0.29) is 12.0 Å². The number of carbonyl (C=O) groups excluding carboxylic acids is 1. The van der Waals surface area contributed by atoms with Gasteiger partial charge in [0.25, 0.3) is 0 Å². The second kappa shape index (κ2) is 5.56. The first-order valence-electron chi connectivity index (χ1n) is 5.15. The van der Waals surface area contributed by atoms with E-state index in [1.807, 2.05) is 36.9 Å². The van der Waals surface area contributed by atoms with Crippen LogP contribution in [0.5, 0.6) is 0 Å². The van der Waals surface area contributed by atoms with E-state index in [0.29, 0.717) is 13.2 Å². The highest BCUT2D eigenvalue weighted by Gasteiger charge is 2.12. The third-order valence-corrected chi connectivity index (χ3v) is 2.28. The lowest BCUT2D eigenvalue weighted by molar-refractivity contribution is -0.145. The topological polar surface area (TPSA) is 43.3 Å². The van der Waals surface area contributed by atoms with E-state index in [1.54, 1.807) is 6.92 Å². The minimum atomic E-state index is -0.264. The summed E-state index contributed by atoms with van der Waals surface area (Å²) in [5, 5.41) is 3.12. The van der Waals surface area contributed by atoms with E-state index in [4.69, 9.17) is 4.74 Å². The van der Waals surface area contributed by atoms with Gasteiger partial charge in [-0.25, -0.2) is 0 Å². The molecule has 1 aromatic rings. The number of ether oxygens (including phenoxy) is 1. The predicted octanol–water partition coefficient (Wildman–Crippen LogP) is 1.07. The highest BCUT2D eigenvalue weighted by molar-refractivity contribution is 5.75. The maximum absolute atomic E-state index is 11.3. The van der Waals surface area contributed by atoms with Crippen LogP contribution in [0.2, 0.25) is 0 Å². The molecule has 0 aliphatic heterocycles. The summed E-state index contributed by atoms with van der Waals surface area (Å²) in [5.74, 6) is -0.202. The first-order valence-corrected chi connectivity index (χ1v) is 5.15. The Morgan fingerprint density at radius 1 is 1.67 bits per heavy atom. The van der Waals surface area contributed by atoms with E-state index in [9.17, 15) is 4.79 Å². The van der Waals surface area contributed by atoms with Gasteiger partial charge in [0.05, 0.1) is 6.61 Å². The van der Waals surface area contributed by atoms with Crippen LogP contribution < -0.4 is 5.32 Å². The maximum atomic E-state index is 11.3. The summed E-state index contributed by atoms with van der Waals surface area (Å²) in [5.41, 5.74) is 1.14. The molecule has 0 amide bonds. The maximum Gasteiger partial charge on any atom is 0.322 e. The number of nitrogens with zero attached hydrogens (tertiary/aromatic N) is 1. The number of hydrogen-bond acceptors (Lipinski definition) is 3. The average molecular weight is 210 g/mol. The van der Waals surface area contributed by atoms with Crippen LogP contribution in [0, 0.1) is 0 Å². The molecule has 84 valence electrons. The molecule has 0 aromatic carbocycles. The molecule has 0 aliphatic carbocycles. The van der Waals surface area contributed by atoms with Gasteiger partial charge in [0.2, 0.25) is 0 Å². The van der Waals surface area contributed by atoms with E-state index < -0.39 is 0 Å². The van der Waals surface area contributed by atoms with Crippen molar-refractivity contribution in [2.45, 2.75) is 26.4 Å². The highest BCUT2D eigenvalue weighted by atomic mass is 16.5. The van der Waals surface area contributed by atoms with Crippen LogP contribution in [0.3, 0.4) is 0 Å². The molecule has 0 fully saturated rings. The Kier molecular flexibility index (Phi) is 4.37. The first kappa shape index (κ1) is 11.8. The van der Waals surface area contributed by atoms with Gasteiger partial charge in [0.1, 0.15) is 6.04 Å². The lowest BCUT2D eigenvalue weighted by atomic mass is 10.3. The smallest absolute Gasteiger partial charge is 0.322 e. The first-order chi connectivity index (χ1) is 7.15. The van der Waals surface area contributed by atoms with Gasteiger partial charge in [-0.3, -0.25) is 10.1 Å². The number of hydrogen-bond donors (Lipinski definition) is 1. The molecule has 0 saturated heterocycles. The van der Waals surface area contributed by atoms with Gasteiger partial charge in [-0.1, -0.05) is 0 Å². The second-order valence-corrected chi connectivity index (χ2v) is 3.47. The van der Waals surface area contributed by atoms with Crippen LogP contribution in [0.4, 0.5) is 0 Å². The van der Waals surface area contributed by atoms with Crippen molar-refractivity contribution in [3.05, 3.63) is 24.0 Å². The van der Waals surface area contributed by atoms with Gasteiger partial charge in [0, 0.05) is 25.5 Å². The highest BCUT2D eigenvalue weighted by Crippen LogP contribution is 1.99. The molecule has 15 heavy (non-hydrogen) atoms. The zero-order valence-electron chi connectivity index (χ0n) is 9.49. The Bertz CT molecular complexity index is 320. The molecule has 1 atom stereocenters. The standard InChI is InChI=1S/C11H18N2O2/c1-4-15-11(14)9(2)12-8-10-6-5-7-13(10)3/h5-7,9,12H,4,8H2,1-3H3. The van der Waals surface area contributed by atoms with Gasteiger partial charge < -0.3 is 9.30 Å². The van der Waals surface area contributed by atoms with E-state index >= 15 is 0 Å². The van der Waals surface area contributed by atoms with E-state index in [0.717, 1.165) is 5.69 Å². The SMILES string of the molecule is CCOC(=O)C(C)NCc1cccn1C. The molecule has 1 rings (SSSR count). The monoisotopic (exact) mass is 210 g/mol. The fourth-order valence-electron chi connectivity index (χ4n) is 1.29. The number of aryl methyl sites for hydroxylation is 1. The third kappa shape index (κ3) is 3.40. The van der Waals surface area contributed by atoms with Crippen LogP contribution in [0.25, 0.3) is 0 Å². The van der Waals surface area contributed by atoms with Crippen molar-refractivity contribution in [3.8, 4) is 0 Å². The van der Waals surface area contributed by atoms with Crippen molar-refractivity contribution in [2.24, 2.45) is 7.05 Å². The minimum absolute atomic E-state index is 0.202. The zero-order valence-corrected chi connectivity index (χ0v) is 9.49. The Hall–Kier alpha value is -1.29. The molecule has 1 aromatic heterocycles. The molecule has 1 N–H and O–H groups in total. The summed E-state index contributed by atoms with van der Waals surface area (Å²) in [7, 11) is 1.98.